The molecule has 1 saturated carbocycles. The second-order valence-electron chi connectivity index (χ2n) is 5.29. The predicted octanol–water partition coefficient (Wildman–Crippen LogP) is 2.27. The van der Waals surface area contributed by atoms with E-state index in [4.69, 9.17) is 5.11 Å². The van der Waals surface area contributed by atoms with Gasteiger partial charge in [0.15, 0.2) is 0 Å². The van der Waals surface area contributed by atoms with Gasteiger partial charge in [0.2, 0.25) is 0 Å². The van der Waals surface area contributed by atoms with Crippen LogP contribution in [0.5, 0.6) is 0 Å². The van der Waals surface area contributed by atoms with Gasteiger partial charge < -0.3 is 10.4 Å². The van der Waals surface area contributed by atoms with Crippen molar-refractivity contribution in [3.05, 3.63) is 0 Å². The lowest BCUT2D eigenvalue weighted by Gasteiger charge is -2.19. The van der Waals surface area contributed by atoms with Crippen LogP contribution < -0.4 is 5.32 Å². The molecule has 0 aromatic rings. The molecular formula is C12H23NO2. The van der Waals surface area contributed by atoms with Crippen LogP contribution in [0, 0.1) is 11.3 Å². The number of hydrogen-bond acceptors (Lipinski definition) is 2. The summed E-state index contributed by atoms with van der Waals surface area (Å²) in [5.74, 6) is 0.128. The Kier molecular flexibility index (Phi) is 4.58. The van der Waals surface area contributed by atoms with E-state index in [9.17, 15) is 4.79 Å². The Bertz CT molecular complexity index is 208. The van der Waals surface area contributed by atoms with Crippen molar-refractivity contribution in [3.8, 4) is 0 Å². The molecule has 0 aromatic carbocycles. The highest BCUT2D eigenvalue weighted by Crippen LogP contribution is 2.24. The van der Waals surface area contributed by atoms with Crippen LogP contribution in [0.1, 0.15) is 46.0 Å². The maximum Gasteiger partial charge on any atom is 0.309 e. The van der Waals surface area contributed by atoms with Crippen molar-refractivity contribution in [2.75, 3.05) is 13.1 Å². The highest BCUT2D eigenvalue weighted by Gasteiger charge is 2.26. The fourth-order valence-corrected chi connectivity index (χ4v) is 2.03. The van der Waals surface area contributed by atoms with Gasteiger partial charge in [0, 0.05) is 0 Å². The van der Waals surface area contributed by atoms with E-state index in [0.29, 0.717) is 6.42 Å². The van der Waals surface area contributed by atoms with Crippen LogP contribution in [0.25, 0.3) is 0 Å². The SMILES string of the molecule is CC(C)(CCNCC1CCCC1)C(=O)O. The first-order chi connectivity index (χ1) is 7.02. The molecule has 1 aliphatic carbocycles. The summed E-state index contributed by atoms with van der Waals surface area (Å²) in [7, 11) is 0. The summed E-state index contributed by atoms with van der Waals surface area (Å²) >= 11 is 0. The molecule has 0 aliphatic heterocycles. The van der Waals surface area contributed by atoms with Gasteiger partial charge in [0.05, 0.1) is 5.41 Å². The largest absolute Gasteiger partial charge is 0.481 e. The lowest BCUT2D eigenvalue weighted by atomic mass is 9.89. The van der Waals surface area contributed by atoms with Gasteiger partial charge in [-0.2, -0.15) is 0 Å². The van der Waals surface area contributed by atoms with E-state index < -0.39 is 11.4 Å². The van der Waals surface area contributed by atoms with Crippen molar-refractivity contribution in [1.82, 2.24) is 5.32 Å². The average molecular weight is 213 g/mol. The van der Waals surface area contributed by atoms with Crippen molar-refractivity contribution in [3.63, 3.8) is 0 Å². The van der Waals surface area contributed by atoms with E-state index in [0.717, 1.165) is 19.0 Å². The molecule has 0 unspecified atom stereocenters. The first-order valence-corrected chi connectivity index (χ1v) is 5.96. The molecule has 15 heavy (non-hydrogen) atoms. The molecule has 0 heterocycles. The fraction of sp³-hybridized carbons (Fsp3) is 0.917. The molecule has 1 rings (SSSR count). The van der Waals surface area contributed by atoms with Crippen LogP contribution in [0.3, 0.4) is 0 Å². The first kappa shape index (κ1) is 12.5. The normalized spacial score (nSPS) is 18.3. The summed E-state index contributed by atoms with van der Waals surface area (Å²) in [6.45, 7) is 5.45. The topological polar surface area (TPSA) is 49.3 Å². The zero-order valence-electron chi connectivity index (χ0n) is 9.88. The van der Waals surface area contributed by atoms with E-state index in [1.54, 1.807) is 13.8 Å². The number of aliphatic carboxylic acids is 1. The van der Waals surface area contributed by atoms with Gasteiger partial charge in [-0.3, -0.25) is 4.79 Å². The Morgan fingerprint density at radius 2 is 2.00 bits per heavy atom. The van der Waals surface area contributed by atoms with E-state index in [1.165, 1.54) is 25.7 Å². The van der Waals surface area contributed by atoms with Gasteiger partial charge in [-0.15, -0.1) is 0 Å². The lowest BCUT2D eigenvalue weighted by Crippen LogP contribution is -2.30. The van der Waals surface area contributed by atoms with Crippen LogP contribution in [-0.4, -0.2) is 24.2 Å². The van der Waals surface area contributed by atoms with Crippen molar-refractivity contribution >= 4 is 5.97 Å². The molecule has 0 spiro atoms. The quantitative estimate of drug-likeness (QED) is 0.665. The number of carboxylic acid groups (broad SMARTS) is 1. The smallest absolute Gasteiger partial charge is 0.309 e. The molecule has 0 bridgehead atoms. The minimum absolute atomic E-state index is 0.595. The third kappa shape index (κ3) is 4.20. The molecule has 1 fully saturated rings. The highest BCUT2D eigenvalue weighted by molar-refractivity contribution is 5.73. The average Bonchev–Trinajstić information content (AvgIpc) is 2.64. The minimum Gasteiger partial charge on any atom is -0.481 e. The van der Waals surface area contributed by atoms with Crippen LogP contribution in [-0.2, 0) is 4.79 Å². The molecule has 0 radical (unpaired) electrons. The number of rotatable bonds is 6. The molecule has 3 nitrogen and oxygen atoms in total. The molecule has 2 N–H and O–H groups in total. The standard InChI is InChI=1S/C12H23NO2/c1-12(2,11(14)15)7-8-13-9-10-5-3-4-6-10/h10,13H,3-9H2,1-2H3,(H,14,15). The van der Waals surface area contributed by atoms with Gasteiger partial charge >= 0.3 is 5.97 Å². The van der Waals surface area contributed by atoms with Crippen molar-refractivity contribution < 1.29 is 9.90 Å². The number of hydrogen-bond donors (Lipinski definition) is 2. The second-order valence-corrected chi connectivity index (χ2v) is 5.29. The summed E-state index contributed by atoms with van der Waals surface area (Å²) in [5, 5.41) is 12.3. The van der Waals surface area contributed by atoms with Crippen LogP contribution in [0.4, 0.5) is 0 Å². The van der Waals surface area contributed by atoms with E-state index in [-0.39, 0.29) is 0 Å². The monoisotopic (exact) mass is 213 g/mol. The molecular weight excluding hydrogens is 190 g/mol. The Balaban J connectivity index is 2.08. The lowest BCUT2D eigenvalue weighted by molar-refractivity contribution is -0.147. The summed E-state index contributed by atoms with van der Waals surface area (Å²) in [6, 6.07) is 0. The Labute approximate surface area is 92.3 Å². The zero-order chi connectivity index (χ0) is 11.3. The first-order valence-electron chi connectivity index (χ1n) is 5.96. The van der Waals surface area contributed by atoms with Crippen LogP contribution in [0.15, 0.2) is 0 Å². The maximum absolute atomic E-state index is 10.8. The Hall–Kier alpha value is -0.570. The molecule has 0 atom stereocenters. The zero-order valence-corrected chi connectivity index (χ0v) is 9.88. The molecule has 0 saturated heterocycles. The minimum atomic E-state index is -0.704. The summed E-state index contributed by atoms with van der Waals surface area (Å²) < 4.78 is 0. The number of nitrogens with one attached hydrogen (secondary N) is 1. The number of carboxylic acids is 1. The summed E-state index contributed by atoms with van der Waals surface area (Å²) in [4.78, 5) is 10.8. The Morgan fingerprint density at radius 1 is 1.40 bits per heavy atom. The van der Waals surface area contributed by atoms with E-state index in [1.807, 2.05) is 0 Å². The maximum atomic E-state index is 10.8. The van der Waals surface area contributed by atoms with Crippen LogP contribution in [0.2, 0.25) is 0 Å². The number of carbonyl (C=O) groups is 1. The van der Waals surface area contributed by atoms with Crippen molar-refractivity contribution in [2.45, 2.75) is 46.0 Å². The third-order valence-corrected chi connectivity index (χ3v) is 3.41. The van der Waals surface area contributed by atoms with E-state index >= 15 is 0 Å². The van der Waals surface area contributed by atoms with Gasteiger partial charge in [0.25, 0.3) is 0 Å². The predicted molar refractivity (Wildman–Crippen MR) is 60.9 cm³/mol. The highest BCUT2D eigenvalue weighted by atomic mass is 16.4. The molecule has 3 heteroatoms. The second kappa shape index (κ2) is 5.50. The van der Waals surface area contributed by atoms with Crippen molar-refractivity contribution in [1.29, 1.82) is 0 Å². The van der Waals surface area contributed by atoms with Crippen LogP contribution >= 0.6 is 0 Å². The fourth-order valence-electron chi connectivity index (χ4n) is 2.03. The van der Waals surface area contributed by atoms with Gasteiger partial charge in [-0.25, -0.2) is 0 Å². The van der Waals surface area contributed by atoms with E-state index in [2.05, 4.69) is 5.32 Å². The molecule has 88 valence electrons. The van der Waals surface area contributed by atoms with Gasteiger partial charge in [0.1, 0.15) is 0 Å². The molecule has 0 amide bonds. The summed E-state index contributed by atoms with van der Waals surface area (Å²) in [5.41, 5.74) is -0.595. The molecule has 1 aliphatic rings. The summed E-state index contributed by atoms with van der Waals surface area (Å²) in [6.07, 6.45) is 6.12. The third-order valence-electron chi connectivity index (χ3n) is 3.41. The molecule has 0 aromatic heterocycles. The van der Waals surface area contributed by atoms with Gasteiger partial charge in [-0.05, 0) is 52.1 Å². The van der Waals surface area contributed by atoms with Gasteiger partial charge in [-0.1, -0.05) is 12.8 Å². The van der Waals surface area contributed by atoms with Crippen molar-refractivity contribution in [2.24, 2.45) is 11.3 Å². The Morgan fingerprint density at radius 3 is 2.53 bits per heavy atom.